The molecular weight excluding hydrogens is 328 g/mol. The molecule has 5 nitrogen and oxygen atoms in total. The van der Waals surface area contributed by atoms with Crippen LogP contribution in [0.2, 0.25) is 0 Å². The molecule has 0 aromatic heterocycles. The van der Waals surface area contributed by atoms with E-state index >= 15 is 0 Å². The summed E-state index contributed by atoms with van der Waals surface area (Å²) in [6.45, 7) is 3.66. The zero-order valence-corrected chi connectivity index (χ0v) is 15.2. The average Bonchev–Trinajstić information content (AvgIpc) is 3.13. The SMILES string of the molecule is COC(=O)C1=C2Nc3ccccc3C23CCN2CC=CC(C)(O)C(C1)C23. The molecule has 0 amide bonds. The number of hydrogen-bond acceptors (Lipinski definition) is 5. The first kappa shape index (κ1) is 16.1. The van der Waals surface area contributed by atoms with E-state index in [0.29, 0.717) is 12.0 Å². The lowest BCUT2D eigenvalue weighted by Gasteiger charge is -2.48. The number of fused-ring (bicyclic) bond motifs is 1. The Morgan fingerprint density at radius 3 is 3.00 bits per heavy atom. The van der Waals surface area contributed by atoms with Crippen LogP contribution in [0.5, 0.6) is 0 Å². The van der Waals surface area contributed by atoms with E-state index in [9.17, 15) is 9.90 Å². The van der Waals surface area contributed by atoms with Gasteiger partial charge in [-0.25, -0.2) is 4.79 Å². The third kappa shape index (κ3) is 1.85. The molecule has 136 valence electrons. The fourth-order valence-corrected chi connectivity index (χ4v) is 5.81. The van der Waals surface area contributed by atoms with Crippen molar-refractivity contribution in [3.8, 4) is 0 Å². The molecule has 1 aromatic carbocycles. The molecule has 3 heterocycles. The molecule has 0 bridgehead atoms. The van der Waals surface area contributed by atoms with Crippen LogP contribution in [0, 0.1) is 5.92 Å². The number of esters is 1. The van der Waals surface area contributed by atoms with Gasteiger partial charge in [0.05, 0.1) is 23.7 Å². The fraction of sp³-hybridized carbons (Fsp3) is 0.476. The summed E-state index contributed by atoms with van der Waals surface area (Å²) in [5.74, 6) is -0.352. The van der Waals surface area contributed by atoms with Crippen LogP contribution in [0.3, 0.4) is 0 Å². The fourth-order valence-electron chi connectivity index (χ4n) is 5.81. The number of nitrogens with one attached hydrogen (secondary N) is 1. The maximum absolute atomic E-state index is 12.7. The highest BCUT2D eigenvalue weighted by atomic mass is 16.5. The van der Waals surface area contributed by atoms with Crippen molar-refractivity contribution in [3.63, 3.8) is 0 Å². The van der Waals surface area contributed by atoms with Crippen molar-refractivity contribution in [1.29, 1.82) is 0 Å². The maximum Gasteiger partial charge on any atom is 0.335 e. The molecule has 0 saturated carbocycles. The van der Waals surface area contributed by atoms with E-state index in [1.54, 1.807) is 0 Å². The quantitative estimate of drug-likeness (QED) is 0.599. The number of carbonyl (C=O) groups is 1. The zero-order valence-electron chi connectivity index (χ0n) is 15.2. The monoisotopic (exact) mass is 352 g/mol. The standard InChI is InChI=1S/C21H24N2O3/c1-20(25)8-5-10-23-11-9-21-14-6-3-4-7-16(14)22-17(21)13(19(24)26-2)12-15(20)18(21)23/h3-8,15,18,22,25H,9-12H2,1-2H3. The predicted octanol–water partition coefficient (Wildman–Crippen LogP) is 2.19. The van der Waals surface area contributed by atoms with E-state index in [0.717, 1.165) is 30.9 Å². The van der Waals surface area contributed by atoms with Crippen molar-refractivity contribution in [2.45, 2.75) is 36.8 Å². The molecule has 1 fully saturated rings. The van der Waals surface area contributed by atoms with Gasteiger partial charge >= 0.3 is 5.97 Å². The minimum absolute atomic E-state index is 0.0606. The van der Waals surface area contributed by atoms with Crippen LogP contribution >= 0.6 is 0 Å². The van der Waals surface area contributed by atoms with Crippen LogP contribution in [0.1, 0.15) is 25.3 Å². The van der Waals surface area contributed by atoms with Crippen LogP contribution in [0.4, 0.5) is 5.69 Å². The molecule has 1 aromatic rings. The zero-order chi connectivity index (χ0) is 18.1. The minimum Gasteiger partial charge on any atom is -0.466 e. The Morgan fingerprint density at radius 1 is 1.38 bits per heavy atom. The second kappa shape index (κ2) is 5.21. The highest BCUT2D eigenvalue weighted by molar-refractivity contribution is 5.93. The van der Waals surface area contributed by atoms with Gasteiger partial charge in [0.15, 0.2) is 0 Å². The molecule has 1 saturated heterocycles. The molecule has 5 rings (SSSR count). The lowest BCUT2D eigenvalue weighted by atomic mass is 9.60. The summed E-state index contributed by atoms with van der Waals surface area (Å²) in [5, 5.41) is 14.8. The summed E-state index contributed by atoms with van der Waals surface area (Å²) < 4.78 is 5.13. The summed E-state index contributed by atoms with van der Waals surface area (Å²) in [5.41, 5.74) is 2.75. The molecule has 1 aliphatic carbocycles. The van der Waals surface area contributed by atoms with Crippen LogP contribution in [0.15, 0.2) is 47.7 Å². The number of ether oxygens (including phenoxy) is 1. The number of nitrogens with zero attached hydrogens (tertiary/aromatic N) is 1. The Morgan fingerprint density at radius 2 is 2.19 bits per heavy atom. The summed E-state index contributed by atoms with van der Waals surface area (Å²) in [6.07, 6.45) is 5.45. The molecule has 26 heavy (non-hydrogen) atoms. The maximum atomic E-state index is 12.7. The minimum atomic E-state index is -0.959. The van der Waals surface area contributed by atoms with Crippen LogP contribution < -0.4 is 5.32 Å². The molecule has 4 atom stereocenters. The highest BCUT2D eigenvalue weighted by Gasteiger charge is 2.63. The van der Waals surface area contributed by atoms with E-state index in [2.05, 4.69) is 34.5 Å². The number of anilines is 1. The summed E-state index contributed by atoms with van der Waals surface area (Å²) in [6, 6.07) is 8.49. The average molecular weight is 352 g/mol. The number of para-hydroxylation sites is 1. The van der Waals surface area contributed by atoms with Crippen molar-refractivity contribution in [2.24, 2.45) is 5.92 Å². The van der Waals surface area contributed by atoms with Gasteiger partial charge in [-0.15, -0.1) is 0 Å². The molecule has 5 heteroatoms. The van der Waals surface area contributed by atoms with E-state index in [1.807, 2.05) is 19.1 Å². The van der Waals surface area contributed by atoms with Gasteiger partial charge in [-0.05, 0) is 31.4 Å². The molecule has 4 aliphatic rings. The largest absolute Gasteiger partial charge is 0.466 e. The van der Waals surface area contributed by atoms with Gasteiger partial charge in [0.2, 0.25) is 0 Å². The van der Waals surface area contributed by atoms with Gasteiger partial charge in [0, 0.05) is 36.4 Å². The molecule has 4 unspecified atom stereocenters. The van der Waals surface area contributed by atoms with Gasteiger partial charge in [0.1, 0.15) is 0 Å². The predicted molar refractivity (Wildman–Crippen MR) is 98.6 cm³/mol. The van der Waals surface area contributed by atoms with Crippen molar-refractivity contribution < 1.29 is 14.6 Å². The Kier molecular flexibility index (Phi) is 3.22. The Bertz CT molecular complexity index is 857. The van der Waals surface area contributed by atoms with Gasteiger partial charge < -0.3 is 15.2 Å². The summed E-state index contributed by atoms with van der Waals surface area (Å²) >= 11 is 0. The lowest BCUT2D eigenvalue weighted by Crippen LogP contribution is -2.56. The first-order chi connectivity index (χ1) is 12.5. The molecular formula is C21H24N2O3. The molecule has 0 radical (unpaired) electrons. The van der Waals surface area contributed by atoms with E-state index in [1.165, 1.54) is 12.7 Å². The Hall–Kier alpha value is -2.11. The van der Waals surface area contributed by atoms with Crippen molar-refractivity contribution in [3.05, 3.63) is 53.3 Å². The van der Waals surface area contributed by atoms with Crippen molar-refractivity contribution >= 4 is 11.7 Å². The van der Waals surface area contributed by atoms with Crippen LogP contribution in [0.25, 0.3) is 0 Å². The third-order valence-electron chi connectivity index (χ3n) is 6.89. The molecule has 2 N–H and O–H groups in total. The van der Waals surface area contributed by atoms with Crippen LogP contribution in [-0.4, -0.2) is 47.8 Å². The number of aliphatic hydroxyl groups is 1. The van der Waals surface area contributed by atoms with Gasteiger partial charge in [-0.3, -0.25) is 4.90 Å². The Balaban J connectivity index is 1.80. The third-order valence-corrected chi connectivity index (χ3v) is 6.89. The lowest BCUT2D eigenvalue weighted by molar-refractivity contribution is -0.137. The van der Waals surface area contributed by atoms with E-state index < -0.39 is 5.60 Å². The number of hydrogen-bond donors (Lipinski definition) is 2. The Labute approximate surface area is 153 Å². The van der Waals surface area contributed by atoms with Crippen LogP contribution in [-0.2, 0) is 14.9 Å². The van der Waals surface area contributed by atoms with E-state index in [-0.39, 0.29) is 23.3 Å². The number of benzene rings is 1. The second-order valence-corrected chi connectivity index (χ2v) is 8.12. The van der Waals surface area contributed by atoms with Gasteiger partial charge in [-0.1, -0.05) is 30.4 Å². The van der Waals surface area contributed by atoms with Gasteiger partial charge in [0.25, 0.3) is 0 Å². The normalized spacial score (nSPS) is 37.5. The molecule has 1 spiro atoms. The first-order valence-corrected chi connectivity index (χ1v) is 9.31. The smallest absolute Gasteiger partial charge is 0.335 e. The van der Waals surface area contributed by atoms with Crippen molar-refractivity contribution in [2.75, 3.05) is 25.5 Å². The first-order valence-electron chi connectivity index (χ1n) is 9.31. The van der Waals surface area contributed by atoms with Crippen molar-refractivity contribution in [1.82, 2.24) is 4.90 Å². The molecule has 3 aliphatic heterocycles. The topological polar surface area (TPSA) is 61.8 Å². The van der Waals surface area contributed by atoms with E-state index in [4.69, 9.17) is 4.74 Å². The number of rotatable bonds is 1. The number of methoxy groups -OCH3 is 1. The second-order valence-electron chi connectivity index (χ2n) is 8.12. The summed E-state index contributed by atoms with van der Waals surface area (Å²) in [4.78, 5) is 15.1. The number of carbonyl (C=O) groups excluding carboxylic acids is 1. The highest BCUT2D eigenvalue weighted by Crippen LogP contribution is 2.60. The van der Waals surface area contributed by atoms with Gasteiger partial charge in [-0.2, -0.15) is 0 Å². The summed E-state index contributed by atoms with van der Waals surface area (Å²) in [7, 11) is 1.43.